The third-order valence-corrected chi connectivity index (χ3v) is 4.22. The lowest BCUT2D eigenvalue weighted by Gasteiger charge is -2.22. The first-order chi connectivity index (χ1) is 13.3. The summed E-state index contributed by atoms with van der Waals surface area (Å²) in [7, 11) is 0. The Bertz CT molecular complexity index is 777. The number of amides is 1. The fourth-order valence-corrected chi connectivity index (χ4v) is 2.52. The van der Waals surface area contributed by atoms with E-state index in [1.165, 1.54) is 12.1 Å². The van der Waals surface area contributed by atoms with Crippen molar-refractivity contribution in [1.29, 1.82) is 0 Å². The van der Waals surface area contributed by atoms with Crippen LogP contribution < -0.4 is 10.1 Å². The molecule has 0 fully saturated rings. The fraction of sp³-hybridized carbons (Fsp3) is 0.333. The van der Waals surface area contributed by atoms with Gasteiger partial charge in [0.1, 0.15) is 5.75 Å². The average Bonchev–Trinajstić information content (AvgIpc) is 2.67. The average molecular weight is 391 g/mol. The molecule has 150 valence electrons. The fourth-order valence-electron chi connectivity index (χ4n) is 2.52. The van der Waals surface area contributed by atoms with Crippen LogP contribution in [0.4, 0.5) is 8.78 Å². The summed E-state index contributed by atoms with van der Waals surface area (Å²) in [5.74, 6) is -0.811. The van der Waals surface area contributed by atoms with Gasteiger partial charge in [-0.2, -0.15) is 8.78 Å². The van der Waals surface area contributed by atoms with Crippen LogP contribution in [0.25, 0.3) is 0 Å². The van der Waals surface area contributed by atoms with E-state index in [1.54, 1.807) is 26.0 Å². The van der Waals surface area contributed by atoms with E-state index in [9.17, 15) is 18.4 Å². The van der Waals surface area contributed by atoms with E-state index >= 15 is 0 Å². The van der Waals surface area contributed by atoms with Gasteiger partial charge in [-0.1, -0.05) is 42.5 Å². The second-order valence-corrected chi connectivity index (χ2v) is 6.69. The molecule has 0 bridgehead atoms. The van der Waals surface area contributed by atoms with E-state index in [1.807, 2.05) is 30.3 Å². The third kappa shape index (κ3) is 6.33. The van der Waals surface area contributed by atoms with Gasteiger partial charge in [-0.15, -0.1) is 0 Å². The number of carbonyl (C=O) groups excluding carboxylic acids is 2. The Morgan fingerprint density at radius 1 is 1.04 bits per heavy atom. The van der Waals surface area contributed by atoms with Crippen LogP contribution in [-0.4, -0.2) is 31.6 Å². The number of halogens is 2. The monoisotopic (exact) mass is 391 g/mol. The molecule has 0 saturated carbocycles. The molecule has 2 rings (SSSR count). The van der Waals surface area contributed by atoms with Crippen LogP contribution in [0.2, 0.25) is 0 Å². The maximum Gasteiger partial charge on any atom is 0.387 e. The van der Waals surface area contributed by atoms with Gasteiger partial charge in [-0.05, 0) is 43.5 Å². The molecule has 0 aromatic heterocycles. The summed E-state index contributed by atoms with van der Waals surface area (Å²) in [4.78, 5) is 24.2. The highest BCUT2D eigenvalue weighted by atomic mass is 19.3. The van der Waals surface area contributed by atoms with Crippen LogP contribution in [0, 0.1) is 0 Å². The van der Waals surface area contributed by atoms with Gasteiger partial charge in [-0.3, -0.25) is 9.59 Å². The molecule has 0 spiro atoms. The van der Waals surface area contributed by atoms with Gasteiger partial charge in [0.2, 0.25) is 0 Å². The molecular weight excluding hydrogens is 368 g/mol. The van der Waals surface area contributed by atoms with Crippen molar-refractivity contribution in [2.45, 2.75) is 32.3 Å². The van der Waals surface area contributed by atoms with Crippen LogP contribution in [-0.2, 0) is 26.2 Å². The molecule has 1 amide bonds. The lowest BCUT2D eigenvalue weighted by atomic mass is 9.85. The summed E-state index contributed by atoms with van der Waals surface area (Å²) < 4.78 is 33.6. The van der Waals surface area contributed by atoms with Crippen LogP contribution in [0.1, 0.15) is 25.0 Å². The van der Waals surface area contributed by atoms with Gasteiger partial charge in [-0.25, -0.2) is 0 Å². The van der Waals surface area contributed by atoms with Crippen molar-refractivity contribution < 1.29 is 27.8 Å². The molecule has 7 heteroatoms. The summed E-state index contributed by atoms with van der Waals surface area (Å²) in [6.07, 6.45) is 0.504. The minimum atomic E-state index is -2.86. The van der Waals surface area contributed by atoms with Crippen molar-refractivity contribution in [3.05, 3.63) is 65.7 Å². The van der Waals surface area contributed by atoms with Crippen molar-refractivity contribution in [2.75, 3.05) is 13.2 Å². The quantitative estimate of drug-likeness (QED) is 0.665. The molecule has 0 atom stereocenters. The second kappa shape index (κ2) is 9.82. The van der Waals surface area contributed by atoms with E-state index in [-0.39, 0.29) is 12.4 Å². The topological polar surface area (TPSA) is 64.6 Å². The molecule has 0 unspecified atom stereocenters. The largest absolute Gasteiger partial charge is 0.455 e. The zero-order valence-corrected chi connectivity index (χ0v) is 15.8. The number of esters is 1. The maximum absolute atomic E-state index is 12.3. The Morgan fingerprint density at radius 3 is 2.29 bits per heavy atom. The zero-order valence-electron chi connectivity index (χ0n) is 15.8. The summed E-state index contributed by atoms with van der Waals surface area (Å²) in [5.41, 5.74) is 0.799. The SMILES string of the molecule is CC(C)(C(=O)OCC(=O)NCCc1ccc(OC(F)F)cc1)c1ccccc1. The molecule has 1 N–H and O–H groups in total. The maximum atomic E-state index is 12.3. The number of hydrogen-bond donors (Lipinski definition) is 1. The molecule has 28 heavy (non-hydrogen) atoms. The van der Waals surface area contributed by atoms with E-state index in [0.29, 0.717) is 13.0 Å². The highest BCUT2D eigenvalue weighted by molar-refractivity contribution is 5.85. The van der Waals surface area contributed by atoms with Crippen molar-refractivity contribution in [1.82, 2.24) is 5.32 Å². The Kier molecular flexibility index (Phi) is 7.49. The number of carbonyl (C=O) groups is 2. The van der Waals surface area contributed by atoms with Crippen LogP contribution in [0.5, 0.6) is 5.75 Å². The van der Waals surface area contributed by atoms with E-state index in [4.69, 9.17) is 4.74 Å². The molecule has 5 nitrogen and oxygen atoms in total. The third-order valence-electron chi connectivity index (χ3n) is 4.22. The highest BCUT2D eigenvalue weighted by Gasteiger charge is 2.31. The van der Waals surface area contributed by atoms with Gasteiger partial charge in [0, 0.05) is 6.54 Å². The van der Waals surface area contributed by atoms with Gasteiger partial charge in [0.15, 0.2) is 6.61 Å². The predicted molar refractivity (Wildman–Crippen MR) is 100 cm³/mol. The minimum absolute atomic E-state index is 0.0794. The molecule has 0 heterocycles. The van der Waals surface area contributed by atoms with Crippen LogP contribution in [0.15, 0.2) is 54.6 Å². The number of hydrogen-bond acceptors (Lipinski definition) is 4. The molecule has 2 aromatic rings. The van der Waals surface area contributed by atoms with E-state index < -0.39 is 23.9 Å². The Balaban J connectivity index is 1.73. The highest BCUT2D eigenvalue weighted by Crippen LogP contribution is 2.24. The van der Waals surface area contributed by atoms with E-state index in [0.717, 1.165) is 11.1 Å². The molecule has 0 radical (unpaired) electrons. The lowest BCUT2D eigenvalue weighted by Crippen LogP contribution is -2.36. The zero-order chi connectivity index (χ0) is 20.6. The minimum Gasteiger partial charge on any atom is -0.455 e. The second-order valence-electron chi connectivity index (χ2n) is 6.69. The van der Waals surface area contributed by atoms with Crippen molar-refractivity contribution in [3.63, 3.8) is 0 Å². The molecule has 0 aliphatic carbocycles. The van der Waals surface area contributed by atoms with Crippen molar-refractivity contribution in [3.8, 4) is 5.75 Å². The molecule has 0 saturated heterocycles. The molecule has 0 aliphatic heterocycles. The number of rotatable bonds is 9. The number of ether oxygens (including phenoxy) is 2. The Labute approximate surface area is 162 Å². The summed E-state index contributed by atoms with van der Waals surface area (Å²) >= 11 is 0. The van der Waals surface area contributed by atoms with Gasteiger partial charge < -0.3 is 14.8 Å². The van der Waals surface area contributed by atoms with Crippen LogP contribution in [0.3, 0.4) is 0 Å². The number of benzene rings is 2. The van der Waals surface area contributed by atoms with Gasteiger partial charge in [0.05, 0.1) is 5.41 Å². The summed E-state index contributed by atoms with van der Waals surface area (Å²) in [6, 6.07) is 15.4. The van der Waals surface area contributed by atoms with Crippen molar-refractivity contribution in [2.24, 2.45) is 0 Å². The van der Waals surface area contributed by atoms with Crippen molar-refractivity contribution >= 4 is 11.9 Å². The van der Waals surface area contributed by atoms with Gasteiger partial charge >= 0.3 is 12.6 Å². The van der Waals surface area contributed by atoms with E-state index in [2.05, 4.69) is 10.1 Å². The van der Waals surface area contributed by atoms with Gasteiger partial charge in [0.25, 0.3) is 5.91 Å². The first-order valence-electron chi connectivity index (χ1n) is 8.82. The number of alkyl halides is 2. The molecule has 2 aromatic carbocycles. The Hall–Kier alpha value is -2.96. The Morgan fingerprint density at radius 2 is 1.68 bits per heavy atom. The first-order valence-corrected chi connectivity index (χ1v) is 8.82. The summed E-state index contributed by atoms with van der Waals surface area (Å²) in [6.45, 7) is 0.581. The molecular formula is C21H23F2NO4. The number of nitrogens with one attached hydrogen (secondary N) is 1. The lowest BCUT2D eigenvalue weighted by molar-refractivity contribution is -0.153. The smallest absolute Gasteiger partial charge is 0.387 e. The predicted octanol–water partition coefficient (Wildman–Crippen LogP) is 3.47. The summed E-state index contributed by atoms with van der Waals surface area (Å²) in [5, 5.41) is 2.66. The first kappa shape index (κ1) is 21.3. The standard InChI is InChI=1S/C21H23F2NO4/c1-21(2,16-6-4-3-5-7-16)19(26)27-14-18(25)24-13-12-15-8-10-17(11-9-15)28-20(22)23/h3-11,20H,12-14H2,1-2H3,(H,24,25). The normalized spacial score (nSPS) is 11.2. The van der Waals surface area contributed by atoms with Crippen LogP contribution >= 0.6 is 0 Å². The molecule has 0 aliphatic rings.